The zero-order chi connectivity index (χ0) is 18.3. The van der Waals surface area contributed by atoms with Crippen molar-refractivity contribution in [2.75, 3.05) is 16.7 Å². The maximum absolute atomic E-state index is 15.1. The molecule has 0 saturated heterocycles. The number of nitrogens with zero attached hydrogens (tertiary/aromatic N) is 3. The standard InChI is InChI=1S/C17H15ClFN5S2/c1-25-24-12-7-9(18)6-10(13(12)19)14-15(11-4-5-21-17(20)22-11)26-16(23-14)8-2-3-8/h4-8,24H,2-3H2,1H3,(H2,20,21,22). The Morgan fingerprint density at radius 3 is 2.85 bits per heavy atom. The fraction of sp³-hybridized carbons (Fsp3) is 0.235. The van der Waals surface area contributed by atoms with Gasteiger partial charge in [-0.3, -0.25) is 0 Å². The Kier molecular flexibility index (Phi) is 4.73. The van der Waals surface area contributed by atoms with Gasteiger partial charge in [-0.15, -0.1) is 11.3 Å². The molecule has 9 heteroatoms. The zero-order valence-electron chi connectivity index (χ0n) is 13.8. The normalized spacial score (nSPS) is 13.8. The molecule has 1 saturated carbocycles. The Balaban J connectivity index is 1.91. The number of benzene rings is 1. The number of nitrogen functional groups attached to an aromatic ring is 1. The van der Waals surface area contributed by atoms with Crippen LogP contribution in [0.5, 0.6) is 0 Å². The first-order valence-corrected chi connectivity index (χ1v) is 10.4. The summed E-state index contributed by atoms with van der Waals surface area (Å²) in [7, 11) is 0. The van der Waals surface area contributed by atoms with Crippen LogP contribution in [0.2, 0.25) is 5.02 Å². The summed E-state index contributed by atoms with van der Waals surface area (Å²) in [6.07, 6.45) is 5.63. The predicted octanol–water partition coefficient (Wildman–Crippen LogP) is 5.21. The molecule has 2 aromatic heterocycles. The molecule has 3 N–H and O–H groups in total. The quantitative estimate of drug-likeness (QED) is 0.565. The van der Waals surface area contributed by atoms with E-state index in [-0.39, 0.29) is 11.8 Å². The zero-order valence-corrected chi connectivity index (χ0v) is 16.2. The van der Waals surface area contributed by atoms with Gasteiger partial charge in [-0.25, -0.2) is 19.3 Å². The molecule has 134 valence electrons. The van der Waals surface area contributed by atoms with Gasteiger partial charge in [-0.2, -0.15) is 0 Å². The number of nitrogens with two attached hydrogens (primary N) is 1. The first kappa shape index (κ1) is 17.5. The van der Waals surface area contributed by atoms with Gasteiger partial charge < -0.3 is 10.5 Å². The fourth-order valence-electron chi connectivity index (χ4n) is 2.64. The molecule has 0 spiro atoms. The fourth-order valence-corrected chi connectivity index (χ4v) is 4.45. The van der Waals surface area contributed by atoms with E-state index in [1.807, 2.05) is 6.26 Å². The molecule has 1 fully saturated rings. The molecule has 3 aromatic rings. The molecular weight excluding hydrogens is 393 g/mol. The third kappa shape index (κ3) is 3.36. The van der Waals surface area contributed by atoms with Crippen LogP contribution in [0, 0.1) is 5.82 Å². The van der Waals surface area contributed by atoms with E-state index in [0.717, 1.165) is 22.7 Å². The number of anilines is 2. The maximum atomic E-state index is 15.1. The molecule has 5 nitrogen and oxygen atoms in total. The van der Waals surface area contributed by atoms with E-state index in [9.17, 15) is 0 Å². The van der Waals surface area contributed by atoms with E-state index in [4.69, 9.17) is 22.3 Å². The van der Waals surface area contributed by atoms with Crippen LogP contribution in [0.4, 0.5) is 16.0 Å². The second-order valence-corrected chi connectivity index (χ2v) is 8.00. The number of rotatable bonds is 5. The van der Waals surface area contributed by atoms with Gasteiger partial charge >= 0.3 is 0 Å². The average molecular weight is 408 g/mol. The van der Waals surface area contributed by atoms with Crippen molar-refractivity contribution in [2.24, 2.45) is 0 Å². The van der Waals surface area contributed by atoms with Crippen molar-refractivity contribution in [1.29, 1.82) is 0 Å². The number of aromatic nitrogens is 3. The number of hydrogen-bond acceptors (Lipinski definition) is 7. The van der Waals surface area contributed by atoms with Crippen LogP contribution in [0.15, 0.2) is 24.4 Å². The smallest absolute Gasteiger partial charge is 0.220 e. The van der Waals surface area contributed by atoms with Crippen molar-refractivity contribution in [1.82, 2.24) is 15.0 Å². The van der Waals surface area contributed by atoms with Crippen LogP contribution in [-0.4, -0.2) is 21.2 Å². The molecule has 2 heterocycles. The van der Waals surface area contributed by atoms with Crippen molar-refractivity contribution < 1.29 is 4.39 Å². The first-order chi connectivity index (χ1) is 12.6. The molecule has 1 aliphatic carbocycles. The van der Waals surface area contributed by atoms with Crippen LogP contribution in [0.25, 0.3) is 21.8 Å². The Morgan fingerprint density at radius 1 is 1.35 bits per heavy atom. The van der Waals surface area contributed by atoms with E-state index in [2.05, 4.69) is 14.7 Å². The van der Waals surface area contributed by atoms with Gasteiger partial charge in [-0.1, -0.05) is 23.5 Å². The van der Waals surface area contributed by atoms with Crippen molar-refractivity contribution in [2.45, 2.75) is 18.8 Å². The lowest BCUT2D eigenvalue weighted by atomic mass is 10.1. The molecule has 1 aromatic carbocycles. The Bertz CT molecular complexity index is 974. The molecule has 0 unspecified atom stereocenters. The highest BCUT2D eigenvalue weighted by Gasteiger charge is 2.30. The monoisotopic (exact) mass is 407 g/mol. The van der Waals surface area contributed by atoms with Crippen LogP contribution >= 0.6 is 34.9 Å². The van der Waals surface area contributed by atoms with E-state index in [1.165, 1.54) is 23.3 Å². The van der Waals surface area contributed by atoms with Gasteiger partial charge in [-0.05, 0) is 31.0 Å². The average Bonchev–Trinajstić information content (AvgIpc) is 3.37. The van der Waals surface area contributed by atoms with Gasteiger partial charge in [0, 0.05) is 29.0 Å². The SMILES string of the molecule is CSNc1cc(Cl)cc(-c2nc(C3CC3)sc2-c2ccnc(N)n2)c1F. The van der Waals surface area contributed by atoms with Crippen molar-refractivity contribution in [3.8, 4) is 21.8 Å². The molecule has 0 atom stereocenters. The molecule has 26 heavy (non-hydrogen) atoms. The summed E-state index contributed by atoms with van der Waals surface area (Å²) in [4.78, 5) is 13.7. The number of hydrogen-bond donors (Lipinski definition) is 2. The van der Waals surface area contributed by atoms with Crippen LogP contribution < -0.4 is 10.5 Å². The highest BCUT2D eigenvalue weighted by Crippen LogP contribution is 2.47. The summed E-state index contributed by atoms with van der Waals surface area (Å²) in [5.41, 5.74) is 7.59. The lowest BCUT2D eigenvalue weighted by Gasteiger charge is -2.10. The highest BCUT2D eigenvalue weighted by molar-refractivity contribution is 7.99. The van der Waals surface area contributed by atoms with Crippen molar-refractivity contribution in [3.05, 3.63) is 40.2 Å². The van der Waals surface area contributed by atoms with Gasteiger partial charge in [0.25, 0.3) is 0 Å². The summed E-state index contributed by atoms with van der Waals surface area (Å²) < 4.78 is 18.0. The molecule has 0 bridgehead atoms. The summed E-state index contributed by atoms with van der Waals surface area (Å²) in [6, 6.07) is 4.92. The van der Waals surface area contributed by atoms with E-state index in [0.29, 0.717) is 33.6 Å². The topological polar surface area (TPSA) is 76.7 Å². The minimum atomic E-state index is -0.389. The van der Waals surface area contributed by atoms with Gasteiger partial charge in [0.2, 0.25) is 5.95 Å². The molecule has 0 radical (unpaired) electrons. The summed E-state index contributed by atoms with van der Waals surface area (Å²) in [5, 5.41) is 1.43. The molecule has 0 aliphatic heterocycles. The highest BCUT2D eigenvalue weighted by atomic mass is 35.5. The second-order valence-electron chi connectivity index (χ2n) is 5.93. The third-order valence-electron chi connectivity index (χ3n) is 3.98. The van der Waals surface area contributed by atoms with Crippen LogP contribution in [-0.2, 0) is 0 Å². The minimum absolute atomic E-state index is 0.172. The largest absolute Gasteiger partial charge is 0.368 e. The van der Waals surface area contributed by atoms with Gasteiger partial charge in [0.15, 0.2) is 5.82 Å². The minimum Gasteiger partial charge on any atom is -0.368 e. The molecule has 4 rings (SSSR count). The molecular formula is C17H15ClFN5S2. The van der Waals surface area contributed by atoms with Crippen LogP contribution in [0.3, 0.4) is 0 Å². The molecule has 0 amide bonds. The van der Waals surface area contributed by atoms with E-state index in [1.54, 1.807) is 24.4 Å². The third-order valence-corrected chi connectivity index (χ3v) is 5.86. The predicted molar refractivity (Wildman–Crippen MR) is 107 cm³/mol. The molecule has 1 aliphatic rings. The maximum Gasteiger partial charge on any atom is 0.220 e. The van der Waals surface area contributed by atoms with Crippen molar-refractivity contribution >= 4 is 46.5 Å². The van der Waals surface area contributed by atoms with Gasteiger partial charge in [0.05, 0.1) is 27.0 Å². The lowest BCUT2D eigenvalue weighted by Crippen LogP contribution is -1.97. The number of thiazole rings is 1. The Labute approximate surface area is 163 Å². The van der Waals surface area contributed by atoms with E-state index >= 15 is 4.39 Å². The van der Waals surface area contributed by atoms with Gasteiger partial charge in [0.1, 0.15) is 0 Å². The Morgan fingerprint density at radius 2 is 2.15 bits per heavy atom. The Hall–Kier alpha value is -1.90. The first-order valence-electron chi connectivity index (χ1n) is 7.95. The summed E-state index contributed by atoms with van der Waals surface area (Å²) in [5.74, 6) is 0.225. The van der Waals surface area contributed by atoms with E-state index < -0.39 is 0 Å². The summed E-state index contributed by atoms with van der Waals surface area (Å²) >= 11 is 9.06. The second kappa shape index (κ2) is 7.02. The van der Waals surface area contributed by atoms with Crippen molar-refractivity contribution in [3.63, 3.8) is 0 Å². The lowest BCUT2D eigenvalue weighted by molar-refractivity contribution is 0.635. The number of nitrogens with one attached hydrogen (secondary N) is 1. The van der Waals surface area contributed by atoms with Crippen LogP contribution in [0.1, 0.15) is 23.8 Å². The summed E-state index contributed by atoms with van der Waals surface area (Å²) in [6.45, 7) is 0. The number of halogens is 2.